The van der Waals surface area contributed by atoms with Gasteiger partial charge in [0.2, 0.25) is 5.88 Å². The molecule has 0 spiro atoms. The summed E-state index contributed by atoms with van der Waals surface area (Å²) in [4.78, 5) is 0. The number of hydrogen-bond acceptors (Lipinski definition) is 3. The van der Waals surface area contributed by atoms with E-state index in [1.54, 1.807) is 11.8 Å². The first-order chi connectivity index (χ1) is 5.74. The first-order valence-electron chi connectivity index (χ1n) is 4.07. The van der Waals surface area contributed by atoms with Gasteiger partial charge in [-0.2, -0.15) is 5.10 Å². The third-order valence-corrected chi connectivity index (χ3v) is 2.31. The molecule has 0 radical (unpaired) electrons. The minimum Gasteiger partial charge on any atom is -0.481 e. The van der Waals surface area contributed by atoms with E-state index >= 15 is 0 Å². The van der Waals surface area contributed by atoms with E-state index in [0.717, 1.165) is 18.1 Å². The fraction of sp³-hybridized carbons (Fsp3) is 0.625. The van der Waals surface area contributed by atoms with Gasteiger partial charge >= 0.3 is 0 Å². The van der Waals surface area contributed by atoms with Crippen molar-refractivity contribution in [3.8, 4) is 5.88 Å². The summed E-state index contributed by atoms with van der Waals surface area (Å²) >= 11 is 0. The molecular weight excluding hydrogens is 154 g/mol. The van der Waals surface area contributed by atoms with Crippen LogP contribution in [0.15, 0.2) is 0 Å². The van der Waals surface area contributed by atoms with Crippen LogP contribution in [0.3, 0.4) is 0 Å². The number of rotatable bonds is 1. The van der Waals surface area contributed by atoms with Gasteiger partial charge < -0.3 is 10.1 Å². The highest BCUT2D eigenvalue weighted by Gasteiger charge is 2.26. The zero-order valence-corrected chi connectivity index (χ0v) is 7.59. The summed E-state index contributed by atoms with van der Waals surface area (Å²) in [5.41, 5.74) is 2.32. The van der Waals surface area contributed by atoms with Crippen molar-refractivity contribution in [2.24, 2.45) is 7.05 Å². The molecule has 0 fully saturated rings. The Bertz CT molecular complexity index is 305. The predicted molar refractivity (Wildman–Crippen MR) is 45.0 cm³/mol. The van der Waals surface area contributed by atoms with Crippen molar-refractivity contribution in [1.29, 1.82) is 0 Å². The number of aromatic nitrogens is 2. The lowest BCUT2D eigenvalue weighted by Gasteiger charge is -2.03. The van der Waals surface area contributed by atoms with Gasteiger partial charge in [0.15, 0.2) is 0 Å². The number of hydrogen-bond donors (Lipinski definition) is 1. The van der Waals surface area contributed by atoms with Gasteiger partial charge in [0.05, 0.1) is 18.4 Å². The van der Waals surface area contributed by atoms with E-state index in [2.05, 4.69) is 17.3 Å². The molecule has 2 heterocycles. The van der Waals surface area contributed by atoms with Crippen LogP contribution in [0.4, 0.5) is 0 Å². The van der Waals surface area contributed by atoms with E-state index in [4.69, 9.17) is 4.74 Å². The largest absolute Gasteiger partial charge is 0.481 e. The van der Waals surface area contributed by atoms with E-state index in [0.29, 0.717) is 6.04 Å². The van der Waals surface area contributed by atoms with Gasteiger partial charge in [-0.15, -0.1) is 0 Å². The molecule has 1 aliphatic heterocycles. The van der Waals surface area contributed by atoms with Crippen LogP contribution in [0.5, 0.6) is 5.88 Å². The Labute approximate surface area is 71.5 Å². The Balaban J connectivity index is 2.52. The number of nitrogens with zero attached hydrogens (tertiary/aromatic N) is 2. The molecule has 1 N–H and O–H groups in total. The number of aryl methyl sites for hydroxylation is 1. The molecule has 1 aromatic heterocycles. The summed E-state index contributed by atoms with van der Waals surface area (Å²) in [6, 6.07) is 0.357. The summed E-state index contributed by atoms with van der Waals surface area (Å²) in [5.74, 6) is 0.877. The highest BCUT2D eigenvalue weighted by molar-refractivity contribution is 5.36. The summed E-state index contributed by atoms with van der Waals surface area (Å²) in [6.45, 7) is 2.98. The molecule has 0 saturated carbocycles. The van der Waals surface area contributed by atoms with E-state index in [1.807, 2.05) is 7.05 Å². The third-order valence-electron chi connectivity index (χ3n) is 2.31. The van der Waals surface area contributed by atoms with Crippen molar-refractivity contribution in [2.75, 3.05) is 7.11 Å². The SMILES string of the molecule is COc1c2c(nn1C)C(C)NC2. The lowest BCUT2D eigenvalue weighted by molar-refractivity contribution is 0.366. The average molecular weight is 167 g/mol. The Kier molecular flexibility index (Phi) is 1.58. The van der Waals surface area contributed by atoms with Crippen molar-refractivity contribution in [3.63, 3.8) is 0 Å². The quantitative estimate of drug-likeness (QED) is 0.665. The van der Waals surface area contributed by atoms with E-state index in [9.17, 15) is 0 Å². The second kappa shape index (κ2) is 2.48. The Morgan fingerprint density at radius 3 is 3.08 bits per heavy atom. The molecule has 0 saturated heterocycles. The van der Waals surface area contributed by atoms with Gasteiger partial charge in [-0.25, -0.2) is 4.68 Å². The number of ether oxygens (including phenoxy) is 1. The van der Waals surface area contributed by atoms with E-state index in [-0.39, 0.29) is 0 Å². The van der Waals surface area contributed by atoms with Gasteiger partial charge in [-0.3, -0.25) is 0 Å². The van der Waals surface area contributed by atoms with Gasteiger partial charge in [0, 0.05) is 19.6 Å². The number of fused-ring (bicyclic) bond motifs is 1. The summed E-state index contributed by atoms with van der Waals surface area (Å²) in [6.07, 6.45) is 0. The smallest absolute Gasteiger partial charge is 0.216 e. The second-order valence-electron chi connectivity index (χ2n) is 3.10. The molecule has 2 rings (SSSR count). The standard InChI is InChI=1S/C8H13N3O/c1-5-7-6(4-9-5)8(12-3)11(2)10-7/h5,9H,4H2,1-3H3. The molecule has 4 nitrogen and oxygen atoms in total. The van der Waals surface area contributed by atoms with Gasteiger partial charge in [0.25, 0.3) is 0 Å². The minimum atomic E-state index is 0.357. The molecule has 1 aromatic rings. The van der Waals surface area contributed by atoms with Crippen molar-refractivity contribution in [2.45, 2.75) is 19.5 Å². The van der Waals surface area contributed by atoms with Crippen molar-refractivity contribution < 1.29 is 4.74 Å². The first kappa shape index (κ1) is 7.61. The van der Waals surface area contributed by atoms with Gasteiger partial charge in [-0.05, 0) is 6.92 Å². The van der Waals surface area contributed by atoms with Crippen molar-refractivity contribution >= 4 is 0 Å². The maximum absolute atomic E-state index is 5.24. The highest BCUT2D eigenvalue weighted by Crippen LogP contribution is 2.30. The Hall–Kier alpha value is -1.03. The fourth-order valence-corrected chi connectivity index (χ4v) is 1.69. The zero-order valence-electron chi connectivity index (χ0n) is 7.59. The van der Waals surface area contributed by atoms with Gasteiger partial charge in [0.1, 0.15) is 0 Å². The maximum atomic E-state index is 5.24. The maximum Gasteiger partial charge on any atom is 0.216 e. The van der Waals surface area contributed by atoms with Gasteiger partial charge in [-0.1, -0.05) is 0 Å². The molecule has 0 amide bonds. The lowest BCUT2D eigenvalue weighted by Crippen LogP contribution is -2.10. The normalized spacial score (nSPS) is 21.1. The molecule has 0 aromatic carbocycles. The topological polar surface area (TPSA) is 39.1 Å². The van der Waals surface area contributed by atoms with Crippen LogP contribution < -0.4 is 10.1 Å². The number of nitrogens with one attached hydrogen (secondary N) is 1. The minimum absolute atomic E-state index is 0.357. The monoisotopic (exact) mass is 167 g/mol. The van der Waals surface area contributed by atoms with Crippen LogP contribution in [0, 0.1) is 0 Å². The fourth-order valence-electron chi connectivity index (χ4n) is 1.69. The first-order valence-corrected chi connectivity index (χ1v) is 4.07. The van der Waals surface area contributed by atoms with Crippen LogP contribution >= 0.6 is 0 Å². The molecular formula is C8H13N3O. The summed E-state index contributed by atoms with van der Waals surface area (Å²) in [7, 11) is 3.59. The predicted octanol–water partition coefficient (Wildman–Crippen LogP) is 0.593. The Morgan fingerprint density at radius 2 is 2.42 bits per heavy atom. The molecule has 0 aliphatic carbocycles. The van der Waals surface area contributed by atoms with Crippen LogP contribution in [0.2, 0.25) is 0 Å². The molecule has 66 valence electrons. The molecule has 4 heteroatoms. The third kappa shape index (κ3) is 0.845. The molecule has 1 unspecified atom stereocenters. The van der Waals surface area contributed by atoms with Crippen LogP contribution in [-0.4, -0.2) is 16.9 Å². The van der Waals surface area contributed by atoms with Crippen molar-refractivity contribution in [1.82, 2.24) is 15.1 Å². The second-order valence-corrected chi connectivity index (χ2v) is 3.10. The van der Waals surface area contributed by atoms with E-state index in [1.165, 1.54) is 5.56 Å². The summed E-state index contributed by atoms with van der Waals surface area (Å²) in [5, 5.41) is 7.68. The van der Waals surface area contributed by atoms with Crippen LogP contribution in [0.25, 0.3) is 0 Å². The lowest BCUT2D eigenvalue weighted by atomic mass is 10.2. The highest BCUT2D eigenvalue weighted by atomic mass is 16.5. The number of methoxy groups -OCH3 is 1. The molecule has 1 aliphatic rings. The molecule has 12 heavy (non-hydrogen) atoms. The van der Waals surface area contributed by atoms with Crippen LogP contribution in [-0.2, 0) is 13.6 Å². The van der Waals surface area contributed by atoms with Crippen LogP contribution in [0.1, 0.15) is 24.2 Å². The van der Waals surface area contributed by atoms with Crippen molar-refractivity contribution in [3.05, 3.63) is 11.3 Å². The molecule has 0 bridgehead atoms. The Morgan fingerprint density at radius 1 is 1.67 bits per heavy atom. The summed E-state index contributed by atoms with van der Waals surface area (Å²) < 4.78 is 7.03. The average Bonchev–Trinajstić information content (AvgIpc) is 2.52. The molecule has 1 atom stereocenters. The zero-order chi connectivity index (χ0) is 8.72. The van der Waals surface area contributed by atoms with E-state index < -0.39 is 0 Å².